The minimum Gasteiger partial charge on any atom is -0.272 e. The Kier molecular flexibility index (Phi) is 3.82. The first-order valence-electron chi connectivity index (χ1n) is 6.83. The molecule has 1 heterocycles. The molecule has 0 aromatic heterocycles. The third-order valence-electron chi connectivity index (χ3n) is 3.40. The molecule has 2 rings (SSSR count). The highest BCUT2D eigenvalue weighted by Gasteiger charge is 2.40. The minimum absolute atomic E-state index is 0.0157. The van der Waals surface area contributed by atoms with Gasteiger partial charge in [0, 0.05) is 11.8 Å². The SMILES string of the molecule is C[C@H]1C[C@@H](c2ccc(C#N)cc2)N(C(=O)C(C)(C)C)O1. The van der Waals surface area contributed by atoms with Crippen LogP contribution >= 0.6 is 0 Å². The van der Waals surface area contributed by atoms with Crippen molar-refractivity contribution in [3.63, 3.8) is 0 Å². The highest BCUT2D eigenvalue weighted by molar-refractivity contribution is 5.81. The van der Waals surface area contributed by atoms with Gasteiger partial charge in [-0.2, -0.15) is 5.26 Å². The average Bonchev–Trinajstić information content (AvgIpc) is 2.79. The molecule has 0 unspecified atom stereocenters. The number of rotatable bonds is 1. The van der Waals surface area contributed by atoms with Gasteiger partial charge < -0.3 is 0 Å². The number of hydroxylamine groups is 2. The molecule has 4 heteroatoms. The van der Waals surface area contributed by atoms with E-state index in [4.69, 9.17) is 10.1 Å². The Morgan fingerprint density at radius 1 is 1.35 bits per heavy atom. The molecule has 0 aliphatic carbocycles. The topological polar surface area (TPSA) is 53.3 Å². The van der Waals surface area contributed by atoms with Gasteiger partial charge in [-0.25, -0.2) is 5.06 Å². The van der Waals surface area contributed by atoms with Crippen LogP contribution < -0.4 is 0 Å². The van der Waals surface area contributed by atoms with Crippen molar-refractivity contribution >= 4 is 5.91 Å². The van der Waals surface area contributed by atoms with Crippen LogP contribution in [0.3, 0.4) is 0 Å². The van der Waals surface area contributed by atoms with E-state index in [0.717, 1.165) is 12.0 Å². The van der Waals surface area contributed by atoms with E-state index >= 15 is 0 Å². The van der Waals surface area contributed by atoms with Gasteiger partial charge in [-0.1, -0.05) is 32.9 Å². The van der Waals surface area contributed by atoms with Gasteiger partial charge in [-0.15, -0.1) is 0 Å². The fourth-order valence-electron chi connectivity index (χ4n) is 2.29. The van der Waals surface area contributed by atoms with Crippen molar-refractivity contribution in [3.8, 4) is 6.07 Å². The molecular formula is C16H20N2O2. The Labute approximate surface area is 119 Å². The summed E-state index contributed by atoms with van der Waals surface area (Å²) in [6, 6.07) is 9.37. The van der Waals surface area contributed by atoms with Crippen LogP contribution in [0.25, 0.3) is 0 Å². The van der Waals surface area contributed by atoms with Crippen LogP contribution in [0.5, 0.6) is 0 Å². The molecule has 1 aromatic rings. The van der Waals surface area contributed by atoms with Crippen molar-refractivity contribution in [1.29, 1.82) is 5.26 Å². The zero-order chi connectivity index (χ0) is 14.9. The summed E-state index contributed by atoms with van der Waals surface area (Å²) in [6.07, 6.45) is 0.787. The summed E-state index contributed by atoms with van der Waals surface area (Å²) in [6.45, 7) is 7.62. The first-order valence-corrected chi connectivity index (χ1v) is 6.83. The average molecular weight is 272 g/mol. The standard InChI is InChI=1S/C16H20N2O2/c1-11-9-14(13-7-5-12(10-17)6-8-13)18(20-11)15(19)16(2,3)4/h5-8,11,14H,9H2,1-4H3/t11-,14-/m0/s1. The second kappa shape index (κ2) is 5.26. The maximum Gasteiger partial charge on any atom is 0.252 e. The molecule has 0 bridgehead atoms. The number of nitrogens with zero attached hydrogens (tertiary/aromatic N) is 2. The third-order valence-corrected chi connectivity index (χ3v) is 3.40. The summed E-state index contributed by atoms with van der Waals surface area (Å²) in [4.78, 5) is 18.2. The number of hydrogen-bond acceptors (Lipinski definition) is 3. The fourth-order valence-corrected chi connectivity index (χ4v) is 2.29. The summed E-state index contributed by atoms with van der Waals surface area (Å²) in [5, 5.41) is 10.3. The predicted octanol–water partition coefficient (Wildman–Crippen LogP) is 3.20. The molecule has 1 fully saturated rings. The van der Waals surface area contributed by atoms with Crippen LogP contribution in [-0.4, -0.2) is 17.1 Å². The minimum atomic E-state index is -0.477. The van der Waals surface area contributed by atoms with E-state index in [1.54, 1.807) is 12.1 Å². The fraction of sp³-hybridized carbons (Fsp3) is 0.500. The molecule has 0 spiro atoms. The molecule has 4 nitrogen and oxygen atoms in total. The van der Waals surface area contributed by atoms with E-state index in [1.165, 1.54) is 5.06 Å². The van der Waals surface area contributed by atoms with Crippen molar-refractivity contribution in [2.24, 2.45) is 5.41 Å². The van der Waals surface area contributed by atoms with Gasteiger partial charge in [0.15, 0.2) is 0 Å². The molecule has 0 saturated carbocycles. The summed E-state index contributed by atoms with van der Waals surface area (Å²) in [7, 11) is 0. The molecule has 0 radical (unpaired) electrons. The van der Waals surface area contributed by atoms with Crippen LogP contribution in [0.2, 0.25) is 0 Å². The molecule has 1 aliphatic heterocycles. The van der Waals surface area contributed by atoms with Gasteiger partial charge in [0.1, 0.15) is 0 Å². The van der Waals surface area contributed by atoms with Gasteiger partial charge in [0.25, 0.3) is 5.91 Å². The van der Waals surface area contributed by atoms with E-state index < -0.39 is 5.41 Å². The third kappa shape index (κ3) is 2.83. The van der Waals surface area contributed by atoms with Crippen molar-refractivity contribution < 1.29 is 9.63 Å². The second-order valence-electron chi connectivity index (χ2n) is 6.28. The highest BCUT2D eigenvalue weighted by Crippen LogP contribution is 2.37. The Balaban J connectivity index is 2.28. The molecule has 0 N–H and O–H groups in total. The maximum absolute atomic E-state index is 12.5. The normalized spacial score (nSPS) is 22.6. The Hall–Kier alpha value is -1.86. The van der Waals surface area contributed by atoms with Gasteiger partial charge >= 0.3 is 0 Å². The van der Waals surface area contributed by atoms with Crippen LogP contribution in [0.1, 0.15) is 51.3 Å². The molecule has 2 atom stereocenters. The maximum atomic E-state index is 12.5. The van der Waals surface area contributed by atoms with Crippen molar-refractivity contribution in [3.05, 3.63) is 35.4 Å². The summed E-state index contributed by atoms with van der Waals surface area (Å²) in [5.41, 5.74) is 1.15. The van der Waals surface area contributed by atoms with Crippen LogP contribution in [-0.2, 0) is 9.63 Å². The van der Waals surface area contributed by atoms with Crippen molar-refractivity contribution in [1.82, 2.24) is 5.06 Å². The lowest BCUT2D eigenvalue weighted by molar-refractivity contribution is -0.195. The first-order chi connectivity index (χ1) is 9.32. The highest BCUT2D eigenvalue weighted by atomic mass is 16.7. The Morgan fingerprint density at radius 2 is 1.95 bits per heavy atom. The smallest absolute Gasteiger partial charge is 0.252 e. The quantitative estimate of drug-likeness (QED) is 0.789. The zero-order valence-corrected chi connectivity index (χ0v) is 12.4. The Morgan fingerprint density at radius 3 is 2.45 bits per heavy atom. The van der Waals surface area contributed by atoms with Crippen molar-refractivity contribution in [2.45, 2.75) is 46.3 Å². The molecular weight excluding hydrogens is 252 g/mol. The molecule has 1 amide bonds. The van der Waals surface area contributed by atoms with E-state index in [9.17, 15) is 4.79 Å². The van der Waals surface area contributed by atoms with Crippen molar-refractivity contribution in [2.75, 3.05) is 0 Å². The molecule has 20 heavy (non-hydrogen) atoms. The number of carbonyl (C=O) groups is 1. The lowest BCUT2D eigenvalue weighted by atomic mass is 9.93. The molecule has 1 saturated heterocycles. The first kappa shape index (κ1) is 14.5. The van der Waals surface area contributed by atoms with E-state index in [1.807, 2.05) is 39.8 Å². The van der Waals surface area contributed by atoms with Gasteiger partial charge in [-0.05, 0) is 24.6 Å². The lowest BCUT2D eigenvalue weighted by Crippen LogP contribution is -2.38. The van der Waals surface area contributed by atoms with Gasteiger partial charge in [0.2, 0.25) is 0 Å². The largest absolute Gasteiger partial charge is 0.272 e. The predicted molar refractivity (Wildman–Crippen MR) is 75.4 cm³/mol. The Bertz CT molecular complexity index is 537. The number of benzene rings is 1. The zero-order valence-electron chi connectivity index (χ0n) is 12.4. The van der Waals surface area contributed by atoms with Gasteiger partial charge in [-0.3, -0.25) is 9.63 Å². The number of nitriles is 1. The van der Waals surface area contributed by atoms with E-state index in [0.29, 0.717) is 5.56 Å². The number of carbonyl (C=O) groups excluding carboxylic acids is 1. The van der Waals surface area contributed by atoms with Crippen LogP contribution in [0, 0.1) is 16.7 Å². The van der Waals surface area contributed by atoms with E-state index in [2.05, 4.69) is 6.07 Å². The summed E-state index contributed by atoms with van der Waals surface area (Å²) in [5.74, 6) is -0.0174. The summed E-state index contributed by atoms with van der Waals surface area (Å²) >= 11 is 0. The second-order valence-corrected chi connectivity index (χ2v) is 6.28. The number of hydrogen-bond donors (Lipinski definition) is 0. The number of amides is 1. The molecule has 1 aliphatic rings. The summed E-state index contributed by atoms with van der Waals surface area (Å²) < 4.78 is 0. The monoisotopic (exact) mass is 272 g/mol. The van der Waals surface area contributed by atoms with E-state index in [-0.39, 0.29) is 18.1 Å². The lowest BCUT2D eigenvalue weighted by Gasteiger charge is -2.29. The van der Waals surface area contributed by atoms with Crippen LogP contribution in [0.15, 0.2) is 24.3 Å². The molecule has 106 valence electrons. The van der Waals surface area contributed by atoms with Gasteiger partial charge in [0.05, 0.1) is 23.8 Å². The molecule has 1 aromatic carbocycles. The van der Waals surface area contributed by atoms with Crippen LogP contribution in [0.4, 0.5) is 0 Å².